The third-order valence-electron chi connectivity index (χ3n) is 21.3. The van der Waals surface area contributed by atoms with Gasteiger partial charge in [0, 0.05) is 37.0 Å². The smallest absolute Gasteiger partial charge is 0.408 e. The van der Waals surface area contributed by atoms with Gasteiger partial charge in [-0.15, -0.1) is 0 Å². The van der Waals surface area contributed by atoms with Gasteiger partial charge >= 0.3 is 30.0 Å². The molecule has 28 nitrogen and oxygen atoms in total. The standard InChI is InChI=1S/C43H53NO14.C29H32O13/c1-22-26(55-37(51)32(48)30(24-15-11-9-12-16-24)44-38(52)58-39(3,4)5)20-43(53)35(56-36(50)25-17-13-10-14-18-25)33-41(8,34(49)31(47)29(22)40(43,6)7)27(46)19-28-42(33,21-54-28)57-23(2)45;1-11-36-9-20-27(40-11)24(31)25(32)29(41-20)42-26-14-7-17-16(38-10-39-17)6-13(14)21(22-15(26)8-37-28(22)33)12-4-18(34-2)23(30)19(5-12)35-3/h9-18,26-28,30-33,35,46-48,53H,19-21H2,1-8H3,(H,44,52);4-7,11,15,20-22,24-27,29-32H,8-10H2,1-3H3/t26-,27-,28+,30-,31+,32?,33-,35-,41+,42-,43+;11-,15?,20-,21-,22+,24-,25-,26?,27-,29+/m01/s1. The number of alkyl carbamates (subject to hydrolysis) is 1. The van der Waals surface area contributed by atoms with E-state index >= 15 is 0 Å². The van der Waals surface area contributed by atoms with Crippen molar-refractivity contribution in [2.24, 2.45) is 28.6 Å². The number of methoxy groups -OCH3 is 2. The Hall–Kier alpha value is -8.00. The van der Waals surface area contributed by atoms with Gasteiger partial charge in [-0.25, -0.2) is 14.4 Å². The van der Waals surface area contributed by atoms with Crippen molar-refractivity contribution in [3.05, 3.63) is 124 Å². The number of carbonyl (C=O) groups is 6. The predicted molar refractivity (Wildman–Crippen MR) is 342 cm³/mol. The number of benzene rings is 4. The fraction of sp³-hybridized carbons (Fsp3) is 0.556. The molecule has 5 heterocycles. The quantitative estimate of drug-likeness (QED) is 0.0515. The average molecular weight is 1400 g/mol. The summed E-state index contributed by atoms with van der Waals surface area (Å²) in [6.07, 6.45) is -18.3. The number of aromatic hydroxyl groups is 1. The zero-order valence-electron chi connectivity index (χ0n) is 57.0. The van der Waals surface area contributed by atoms with Crippen LogP contribution in [0.2, 0.25) is 0 Å². The van der Waals surface area contributed by atoms with Gasteiger partial charge in [0.05, 0.1) is 75.1 Å². The van der Waals surface area contributed by atoms with Crippen molar-refractivity contribution in [2.75, 3.05) is 40.8 Å². The van der Waals surface area contributed by atoms with Crippen molar-refractivity contribution < 1.29 is 131 Å². The molecular weight excluding hydrogens is 1310 g/mol. The molecule has 5 aliphatic heterocycles. The van der Waals surface area contributed by atoms with E-state index < -0.39 is 179 Å². The van der Waals surface area contributed by atoms with Gasteiger partial charge in [0.2, 0.25) is 12.5 Å². The van der Waals surface area contributed by atoms with E-state index in [4.69, 9.17) is 66.3 Å². The summed E-state index contributed by atoms with van der Waals surface area (Å²) in [5.74, 6) is -6.39. The Bertz CT molecular complexity index is 3810. The number of Topliss-reactive ketones (excluding diaryl/α,β-unsaturated/α-hetero) is 1. The van der Waals surface area contributed by atoms with Crippen molar-refractivity contribution >= 4 is 35.8 Å². The van der Waals surface area contributed by atoms with Crippen molar-refractivity contribution in [3.8, 4) is 28.7 Å². The van der Waals surface area contributed by atoms with Crippen LogP contribution in [0.1, 0.15) is 126 Å². The maximum absolute atomic E-state index is 14.9. The van der Waals surface area contributed by atoms with E-state index in [0.717, 1.165) is 6.92 Å². The third-order valence-corrected chi connectivity index (χ3v) is 21.3. The molecule has 0 aromatic heterocycles. The molecule has 4 saturated heterocycles. The number of aliphatic hydroxyl groups is 6. The Balaban J connectivity index is 0.000000199. The molecule has 13 rings (SSSR count). The Morgan fingerprint density at radius 3 is 2.05 bits per heavy atom. The maximum atomic E-state index is 14.9. The van der Waals surface area contributed by atoms with Crippen LogP contribution in [0.15, 0.2) is 96.1 Å². The molecule has 1 amide bonds. The Kier molecular flexibility index (Phi) is 19.4. The van der Waals surface area contributed by atoms with Crippen LogP contribution in [-0.2, 0) is 66.5 Å². The fourth-order valence-corrected chi connectivity index (χ4v) is 16.3. The summed E-state index contributed by atoms with van der Waals surface area (Å²) in [4.78, 5) is 82.3. The highest BCUT2D eigenvalue weighted by molar-refractivity contribution is 5.94. The van der Waals surface area contributed by atoms with Gasteiger partial charge in [0.1, 0.15) is 60.0 Å². The zero-order chi connectivity index (χ0) is 72.0. The largest absolute Gasteiger partial charge is 0.502 e. The minimum Gasteiger partial charge on any atom is -0.502 e. The first-order valence-corrected chi connectivity index (χ1v) is 33.1. The van der Waals surface area contributed by atoms with E-state index in [9.17, 15) is 64.5 Å². The van der Waals surface area contributed by atoms with Crippen LogP contribution >= 0.6 is 0 Å². The molecule has 9 aliphatic rings. The maximum Gasteiger partial charge on any atom is 0.408 e. The SMILES string of the molecule is CC(=O)O[C@@]12CO[C@@H]1C[C@H](O)[C@@]1(C)C(=O)[C@H](O)C3=C(C)[C@@H](OC(=O)C(O)[C@@H](NC(=O)OC(C)(C)C)c4ccccc4)C[C@@](O)([C@@H](OC(=O)c4ccccc4)[C@H]21)C3(C)C.COc1cc([C@@H]2c3cc4c(cc3C(O[C@@H]3O[C@@H]5CO[C@@H](C)O[C@H]5[C@H](O)[C@H]3O)C3COC(=O)[C@@H]32)OCO4)cc(OC)c1O. The lowest BCUT2D eigenvalue weighted by Gasteiger charge is -2.67. The lowest BCUT2D eigenvalue weighted by molar-refractivity contribution is -0.364. The average Bonchev–Trinajstić information content (AvgIpc) is 0.804. The van der Waals surface area contributed by atoms with Crippen LogP contribution in [0.5, 0.6) is 28.7 Å². The molecule has 540 valence electrons. The minimum atomic E-state index is -2.35. The molecule has 8 N–H and O–H groups in total. The van der Waals surface area contributed by atoms with Crippen molar-refractivity contribution in [3.63, 3.8) is 0 Å². The van der Waals surface area contributed by atoms with E-state index in [0.29, 0.717) is 33.8 Å². The van der Waals surface area contributed by atoms with Crippen molar-refractivity contribution in [1.29, 1.82) is 0 Å². The van der Waals surface area contributed by atoms with Gasteiger partial charge in [-0.2, -0.15) is 0 Å². The number of phenolic OH excluding ortho intramolecular Hbond substituents is 1. The highest BCUT2D eigenvalue weighted by atomic mass is 16.8. The topological polar surface area (TPSA) is 385 Å². The number of hydrogen-bond donors (Lipinski definition) is 8. The fourth-order valence-electron chi connectivity index (χ4n) is 16.3. The van der Waals surface area contributed by atoms with Crippen LogP contribution in [0.25, 0.3) is 0 Å². The Labute approximate surface area is 575 Å². The number of esters is 4. The normalized spacial score (nSPS) is 34.9. The van der Waals surface area contributed by atoms with Gasteiger partial charge in [-0.05, 0) is 111 Å². The monoisotopic (exact) mass is 1400 g/mol. The molecule has 4 aliphatic carbocycles. The number of nitrogens with one attached hydrogen (secondary N) is 1. The molecule has 0 radical (unpaired) electrons. The molecular formula is C72H85NO27. The van der Waals surface area contributed by atoms with Crippen LogP contribution < -0.4 is 24.3 Å². The summed E-state index contributed by atoms with van der Waals surface area (Å²) in [6.45, 7) is 13.7. The summed E-state index contributed by atoms with van der Waals surface area (Å²) in [6, 6.07) is 21.6. The lowest BCUT2D eigenvalue weighted by Crippen LogP contribution is -2.81. The van der Waals surface area contributed by atoms with Crippen LogP contribution in [0.3, 0.4) is 0 Å². The first-order chi connectivity index (χ1) is 47.3. The molecule has 100 heavy (non-hydrogen) atoms. The third kappa shape index (κ3) is 12.4. The highest BCUT2D eigenvalue weighted by Gasteiger charge is 2.78. The molecule has 2 bridgehead atoms. The molecule has 28 heteroatoms. The number of carbonyl (C=O) groups excluding carboxylic acids is 6. The van der Waals surface area contributed by atoms with Crippen LogP contribution in [0.4, 0.5) is 4.79 Å². The number of hydrogen-bond acceptors (Lipinski definition) is 27. The second kappa shape index (κ2) is 27.1. The number of aliphatic hydroxyl groups excluding tert-OH is 5. The molecule has 0 spiro atoms. The van der Waals surface area contributed by atoms with Crippen molar-refractivity contribution in [2.45, 2.75) is 184 Å². The lowest BCUT2D eigenvalue weighted by atomic mass is 9.44. The minimum absolute atomic E-state index is 0.0301. The Morgan fingerprint density at radius 2 is 1.44 bits per heavy atom. The van der Waals surface area contributed by atoms with E-state index in [1.54, 1.807) is 114 Å². The second-order valence-corrected chi connectivity index (χ2v) is 28.6. The predicted octanol–water partition coefficient (Wildman–Crippen LogP) is 4.60. The number of amides is 1. The van der Waals surface area contributed by atoms with Gasteiger partial charge in [-0.1, -0.05) is 62.4 Å². The first-order valence-electron chi connectivity index (χ1n) is 33.1. The van der Waals surface area contributed by atoms with Gasteiger partial charge < -0.3 is 107 Å². The van der Waals surface area contributed by atoms with Crippen LogP contribution in [0, 0.1) is 28.6 Å². The summed E-state index contributed by atoms with van der Waals surface area (Å²) >= 11 is 0. The first kappa shape index (κ1) is 71.8. The van der Waals surface area contributed by atoms with E-state index in [1.807, 2.05) is 0 Å². The summed E-state index contributed by atoms with van der Waals surface area (Å²) in [7, 11) is 2.86. The van der Waals surface area contributed by atoms with E-state index in [2.05, 4.69) is 5.32 Å². The summed E-state index contributed by atoms with van der Waals surface area (Å²) in [5, 5.41) is 84.1. The van der Waals surface area contributed by atoms with E-state index in [1.165, 1.54) is 40.2 Å². The summed E-state index contributed by atoms with van der Waals surface area (Å²) in [5.41, 5.74) is -6.12. The summed E-state index contributed by atoms with van der Waals surface area (Å²) < 4.78 is 81.0. The number of ketones is 1. The number of rotatable bonds is 13. The van der Waals surface area contributed by atoms with Gasteiger partial charge in [0.25, 0.3) is 0 Å². The molecule has 4 aromatic rings. The van der Waals surface area contributed by atoms with Gasteiger partial charge in [0.15, 0.2) is 53.1 Å². The number of fused-ring (bicyclic) bond motifs is 9. The van der Waals surface area contributed by atoms with E-state index in [-0.39, 0.29) is 67.0 Å². The molecule has 2 saturated carbocycles. The van der Waals surface area contributed by atoms with Crippen molar-refractivity contribution in [1.82, 2.24) is 5.32 Å². The molecule has 6 fully saturated rings. The molecule has 4 aromatic carbocycles. The molecule has 3 unspecified atom stereocenters. The highest BCUT2D eigenvalue weighted by Crippen LogP contribution is 2.65. The van der Waals surface area contributed by atoms with Crippen LogP contribution in [-0.4, -0.2) is 203 Å². The Morgan fingerprint density at radius 1 is 0.800 bits per heavy atom. The second-order valence-electron chi connectivity index (χ2n) is 28.6. The molecule has 21 atom stereocenters. The number of cyclic esters (lactones) is 1. The van der Waals surface area contributed by atoms with Gasteiger partial charge in [-0.3, -0.25) is 14.4 Å². The zero-order valence-corrected chi connectivity index (χ0v) is 57.0. The number of phenols is 1. The number of ether oxygens (including phenoxy) is 14.